The predicted molar refractivity (Wildman–Crippen MR) is 71.8 cm³/mol. The number of rotatable bonds is 2. The van der Waals surface area contributed by atoms with Crippen LogP contribution in [0.4, 0.5) is 0 Å². The first kappa shape index (κ1) is 13.2. The highest BCUT2D eigenvalue weighted by molar-refractivity contribution is 6.42. The molecule has 0 unspecified atom stereocenters. The third kappa shape index (κ3) is 2.94. The van der Waals surface area contributed by atoms with Crippen molar-refractivity contribution in [2.24, 2.45) is 0 Å². The molecule has 1 heterocycles. The highest BCUT2D eigenvalue weighted by Crippen LogP contribution is 2.29. The van der Waals surface area contributed by atoms with Gasteiger partial charge in [-0.05, 0) is 25.5 Å². The van der Waals surface area contributed by atoms with E-state index in [2.05, 4.69) is 18.7 Å². The minimum absolute atomic E-state index is 0.0455. The van der Waals surface area contributed by atoms with E-state index in [1.165, 1.54) is 0 Å². The Kier molecular flexibility index (Phi) is 3.99. The van der Waals surface area contributed by atoms with E-state index in [0.717, 1.165) is 31.9 Å². The minimum atomic E-state index is 0.0455. The molecule has 0 amide bonds. The zero-order chi connectivity index (χ0) is 12.5. The number of benzene rings is 1. The number of nitrogens with zero attached hydrogens (tertiary/aromatic N) is 1. The fourth-order valence-electron chi connectivity index (χ4n) is 2.06. The molecule has 0 bridgehead atoms. The van der Waals surface area contributed by atoms with Crippen molar-refractivity contribution in [2.75, 3.05) is 19.8 Å². The summed E-state index contributed by atoms with van der Waals surface area (Å²) in [6, 6.07) is 5.79. The Morgan fingerprint density at radius 3 is 2.82 bits per heavy atom. The molecule has 1 aromatic rings. The standard InChI is InChI=1S/C13H17Cl2NO/c1-13(2)9-17-7-6-16(13)8-10-4-3-5-11(14)12(10)15/h3-5H,6-9H2,1-2H3. The topological polar surface area (TPSA) is 12.5 Å². The zero-order valence-electron chi connectivity index (χ0n) is 10.2. The summed E-state index contributed by atoms with van der Waals surface area (Å²) in [6.07, 6.45) is 0. The van der Waals surface area contributed by atoms with E-state index in [9.17, 15) is 0 Å². The second-order valence-electron chi connectivity index (χ2n) is 5.00. The largest absolute Gasteiger partial charge is 0.378 e. The van der Waals surface area contributed by atoms with Gasteiger partial charge < -0.3 is 4.74 Å². The van der Waals surface area contributed by atoms with Crippen molar-refractivity contribution in [1.29, 1.82) is 0 Å². The van der Waals surface area contributed by atoms with Gasteiger partial charge in [0, 0.05) is 18.6 Å². The first-order valence-corrected chi connectivity index (χ1v) is 6.52. The normalized spacial score (nSPS) is 20.5. The van der Waals surface area contributed by atoms with Gasteiger partial charge in [0.2, 0.25) is 0 Å². The molecular weight excluding hydrogens is 257 g/mol. The van der Waals surface area contributed by atoms with Crippen molar-refractivity contribution in [3.63, 3.8) is 0 Å². The van der Waals surface area contributed by atoms with E-state index in [-0.39, 0.29) is 5.54 Å². The summed E-state index contributed by atoms with van der Waals surface area (Å²) in [5.74, 6) is 0. The summed E-state index contributed by atoms with van der Waals surface area (Å²) in [5.41, 5.74) is 1.12. The zero-order valence-corrected chi connectivity index (χ0v) is 11.7. The van der Waals surface area contributed by atoms with Gasteiger partial charge in [-0.25, -0.2) is 0 Å². The summed E-state index contributed by atoms with van der Waals surface area (Å²) in [4.78, 5) is 2.38. The van der Waals surface area contributed by atoms with Crippen LogP contribution in [-0.2, 0) is 11.3 Å². The van der Waals surface area contributed by atoms with Crippen LogP contribution in [0.15, 0.2) is 18.2 Å². The van der Waals surface area contributed by atoms with Crippen molar-refractivity contribution >= 4 is 23.2 Å². The quantitative estimate of drug-likeness (QED) is 0.817. The van der Waals surface area contributed by atoms with E-state index < -0.39 is 0 Å². The SMILES string of the molecule is CC1(C)COCCN1Cc1cccc(Cl)c1Cl. The maximum absolute atomic E-state index is 6.22. The van der Waals surface area contributed by atoms with Gasteiger partial charge >= 0.3 is 0 Å². The molecule has 0 aromatic heterocycles. The number of halogens is 2. The Bertz CT molecular complexity index is 406. The lowest BCUT2D eigenvalue weighted by atomic mass is 10.0. The Morgan fingerprint density at radius 1 is 1.35 bits per heavy atom. The maximum atomic E-state index is 6.22. The molecule has 1 aliphatic heterocycles. The molecule has 0 N–H and O–H groups in total. The summed E-state index contributed by atoms with van der Waals surface area (Å²) in [7, 11) is 0. The lowest BCUT2D eigenvalue weighted by molar-refractivity contribution is -0.0552. The van der Waals surface area contributed by atoms with Crippen LogP contribution in [0.5, 0.6) is 0 Å². The summed E-state index contributed by atoms with van der Waals surface area (Å²) >= 11 is 12.2. The van der Waals surface area contributed by atoms with E-state index in [1.54, 1.807) is 0 Å². The van der Waals surface area contributed by atoms with Crippen molar-refractivity contribution in [1.82, 2.24) is 4.90 Å². The van der Waals surface area contributed by atoms with Crippen LogP contribution in [0.2, 0.25) is 10.0 Å². The average Bonchev–Trinajstić information content (AvgIpc) is 2.27. The van der Waals surface area contributed by atoms with Gasteiger partial charge in [0.05, 0.1) is 23.3 Å². The molecule has 1 aliphatic rings. The molecule has 2 rings (SSSR count). The third-order valence-corrected chi connectivity index (χ3v) is 4.07. The number of morpholine rings is 1. The molecule has 0 radical (unpaired) electrons. The fourth-order valence-corrected chi connectivity index (χ4v) is 2.44. The second kappa shape index (κ2) is 5.15. The first-order valence-electron chi connectivity index (χ1n) is 5.76. The second-order valence-corrected chi connectivity index (χ2v) is 5.78. The van der Waals surface area contributed by atoms with Crippen molar-refractivity contribution in [2.45, 2.75) is 25.9 Å². The van der Waals surface area contributed by atoms with Crippen LogP contribution in [0.3, 0.4) is 0 Å². The Hall–Kier alpha value is -0.280. The number of ether oxygens (including phenoxy) is 1. The van der Waals surface area contributed by atoms with E-state index in [1.807, 2.05) is 18.2 Å². The Morgan fingerprint density at radius 2 is 2.12 bits per heavy atom. The lowest BCUT2D eigenvalue weighted by Gasteiger charge is -2.42. The lowest BCUT2D eigenvalue weighted by Crippen LogP contribution is -2.52. The molecule has 0 atom stereocenters. The fraction of sp³-hybridized carbons (Fsp3) is 0.538. The minimum Gasteiger partial charge on any atom is -0.378 e. The molecule has 1 fully saturated rings. The monoisotopic (exact) mass is 273 g/mol. The Balaban J connectivity index is 2.17. The third-order valence-electron chi connectivity index (χ3n) is 3.21. The molecule has 1 aromatic carbocycles. The van der Waals surface area contributed by atoms with E-state index >= 15 is 0 Å². The molecule has 0 spiro atoms. The van der Waals surface area contributed by atoms with Crippen LogP contribution in [-0.4, -0.2) is 30.2 Å². The average molecular weight is 274 g/mol. The highest BCUT2D eigenvalue weighted by atomic mass is 35.5. The molecule has 17 heavy (non-hydrogen) atoms. The predicted octanol–water partition coefficient (Wildman–Crippen LogP) is 3.60. The summed E-state index contributed by atoms with van der Waals surface area (Å²) < 4.78 is 5.51. The van der Waals surface area contributed by atoms with Crippen LogP contribution in [0.25, 0.3) is 0 Å². The molecule has 2 nitrogen and oxygen atoms in total. The van der Waals surface area contributed by atoms with Crippen molar-refractivity contribution < 1.29 is 4.74 Å². The van der Waals surface area contributed by atoms with Gasteiger partial charge in [-0.15, -0.1) is 0 Å². The molecular formula is C13H17Cl2NO. The molecule has 94 valence electrons. The van der Waals surface area contributed by atoms with Gasteiger partial charge in [-0.3, -0.25) is 4.90 Å². The summed E-state index contributed by atoms with van der Waals surface area (Å²) in [6.45, 7) is 7.65. The number of hydrogen-bond acceptors (Lipinski definition) is 2. The number of hydrogen-bond donors (Lipinski definition) is 0. The summed E-state index contributed by atoms with van der Waals surface area (Å²) in [5, 5.41) is 1.28. The van der Waals surface area contributed by atoms with E-state index in [4.69, 9.17) is 27.9 Å². The van der Waals surface area contributed by atoms with Gasteiger partial charge in [0.25, 0.3) is 0 Å². The van der Waals surface area contributed by atoms with Crippen LogP contribution < -0.4 is 0 Å². The van der Waals surface area contributed by atoms with E-state index in [0.29, 0.717) is 10.0 Å². The Labute approximate surface area is 112 Å². The first-order chi connectivity index (χ1) is 8.00. The van der Waals surface area contributed by atoms with Gasteiger partial charge in [0.15, 0.2) is 0 Å². The van der Waals surface area contributed by atoms with Gasteiger partial charge in [-0.1, -0.05) is 35.3 Å². The molecule has 0 aliphatic carbocycles. The molecule has 4 heteroatoms. The molecule has 0 saturated carbocycles. The van der Waals surface area contributed by atoms with Crippen LogP contribution in [0, 0.1) is 0 Å². The smallest absolute Gasteiger partial charge is 0.0645 e. The van der Waals surface area contributed by atoms with Crippen LogP contribution in [0.1, 0.15) is 19.4 Å². The van der Waals surface area contributed by atoms with Gasteiger partial charge in [-0.2, -0.15) is 0 Å². The van der Waals surface area contributed by atoms with Crippen molar-refractivity contribution in [3.05, 3.63) is 33.8 Å². The van der Waals surface area contributed by atoms with Gasteiger partial charge in [0.1, 0.15) is 0 Å². The van der Waals surface area contributed by atoms with Crippen LogP contribution >= 0.6 is 23.2 Å². The van der Waals surface area contributed by atoms with Crippen molar-refractivity contribution in [3.8, 4) is 0 Å². The molecule has 1 saturated heterocycles. The highest BCUT2D eigenvalue weighted by Gasteiger charge is 2.30. The maximum Gasteiger partial charge on any atom is 0.0645 e.